The van der Waals surface area contributed by atoms with Crippen LogP contribution in [0.4, 0.5) is 11.6 Å². The molecule has 0 aromatic carbocycles. The number of hydrogen-bond donors (Lipinski definition) is 6. The van der Waals surface area contributed by atoms with Crippen LogP contribution in [-0.2, 0) is 39.3 Å². The van der Waals surface area contributed by atoms with Crippen LogP contribution >= 0.6 is 23.5 Å². The molecule has 2 aromatic heterocycles. The average Bonchev–Trinajstić information content (AvgIpc) is 3.96. The van der Waals surface area contributed by atoms with Gasteiger partial charge >= 0.3 is 11.4 Å². The first-order valence-corrected chi connectivity index (χ1v) is 24.3. The van der Waals surface area contributed by atoms with Crippen LogP contribution in [0.15, 0.2) is 34.1 Å². The van der Waals surface area contributed by atoms with Crippen LogP contribution in [0, 0.1) is 33.5 Å². The summed E-state index contributed by atoms with van der Waals surface area (Å²) in [6, 6.07) is 3.18. The van der Waals surface area contributed by atoms with Crippen molar-refractivity contribution in [1.29, 1.82) is 0 Å². The molecule has 20 nitrogen and oxygen atoms in total. The molecular weight excluding hydrogens is 869 g/mol. The number of Topliss-reactive ketones (excluding diaryl/α,β-unsaturated/α-hetero) is 2. The predicted octanol–water partition coefficient (Wildman–Crippen LogP) is 0.428. The number of nitrogen functional groups attached to an aromatic ring is 2. The molecule has 4 saturated carbocycles. The standard InChI is InChI=1S/2C10H16O4S.2C8H11N3O3S/c2*1-9(2)7-3-4-10(9,8(11)5-7)6-15(12,13)14;2*9-5-1-2-11(8(13)10-5)6-4-14-7(3-12)15-6/h2*7H,3-6H2,1-2H3,(H,12,13,14);2*1-2,6-7,12H,3-4H2,(H2,9,10,13)/t2*7-,10-;2*6-,7-/m0011/s1. The van der Waals surface area contributed by atoms with Crippen LogP contribution in [0.3, 0.4) is 0 Å². The van der Waals surface area contributed by atoms with Crippen molar-refractivity contribution in [1.82, 2.24) is 14.5 Å². The average molecular weight is 923 g/mol. The molecule has 6 fully saturated rings. The van der Waals surface area contributed by atoms with Crippen molar-refractivity contribution in [2.75, 3.05) is 49.4 Å². The van der Waals surface area contributed by atoms with Crippen molar-refractivity contribution < 1.29 is 59.8 Å². The minimum Gasteiger partial charge on any atom is -0.748 e. The number of aliphatic hydroxyl groups excluding tert-OH is 2. The Morgan fingerprint density at radius 2 is 1.42 bits per heavy atom. The molecule has 2 saturated heterocycles. The zero-order chi connectivity index (χ0) is 44.6. The third-order valence-electron chi connectivity index (χ3n) is 13.3. The number of anilines is 2. The number of H-pyrrole nitrogens is 1. The maximum absolute atomic E-state index is 11.9. The number of aromatic nitrogens is 4. The number of rotatable bonds is 8. The monoisotopic (exact) mass is 922 g/mol. The van der Waals surface area contributed by atoms with Crippen LogP contribution in [0.25, 0.3) is 0 Å². The van der Waals surface area contributed by atoms with Gasteiger partial charge in [0.2, 0.25) is 0 Å². The molecule has 0 spiro atoms. The summed E-state index contributed by atoms with van der Waals surface area (Å²) in [7, 11) is -8.40. The lowest BCUT2D eigenvalue weighted by molar-refractivity contribution is -0.716. The Labute approximate surface area is 356 Å². The minimum atomic E-state index is -4.33. The fourth-order valence-electron chi connectivity index (χ4n) is 9.53. The Morgan fingerprint density at radius 3 is 1.83 bits per heavy atom. The summed E-state index contributed by atoms with van der Waals surface area (Å²) in [5.41, 5.74) is 7.29. The number of aromatic amines is 1. The van der Waals surface area contributed by atoms with Crippen LogP contribution in [0.2, 0.25) is 0 Å². The van der Waals surface area contributed by atoms with E-state index < -0.39 is 48.3 Å². The first-order valence-electron chi connectivity index (χ1n) is 19.2. The molecule has 2 aromatic rings. The third kappa shape index (κ3) is 9.97. The highest BCUT2D eigenvalue weighted by Crippen LogP contribution is 2.65. The molecule has 4 heterocycles. The first-order chi connectivity index (χ1) is 27.8. The normalized spacial score (nSPS) is 32.1. The van der Waals surface area contributed by atoms with E-state index >= 15 is 0 Å². The summed E-state index contributed by atoms with van der Waals surface area (Å²) in [6.45, 7) is 8.42. The summed E-state index contributed by atoms with van der Waals surface area (Å²) in [5, 5.41) is 17.5. The van der Waals surface area contributed by atoms with E-state index in [0.717, 1.165) is 12.8 Å². The number of fused-ring (bicyclic) bond motifs is 4. The van der Waals surface area contributed by atoms with Crippen molar-refractivity contribution >= 4 is 67.0 Å². The van der Waals surface area contributed by atoms with Gasteiger partial charge in [0.25, 0.3) is 10.1 Å². The summed E-state index contributed by atoms with van der Waals surface area (Å²) in [5.74, 6) is 0.158. The van der Waals surface area contributed by atoms with Gasteiger partial charge < -0.3 is 35.7 Å². The van der Waals surface area contributed by atoms with Gasteiger partial charge in [0.1, 0.15) is 39.8 Å². The number of nitrogens with zero attached hydrogens (tertiary/aromatic N) is 3. The number of ketones is 2. The second-order valence-electron chi connectivity index (χ2n) is 17.0. The van der Waals surface area contributed by atoms with Gasteiger partial charge in [-0.2, -0.15) is 27.7 Å². The lowest BCUT2D eigenvalue weighted by Gasteiger charge is -2.37. The van der Waals surface area contributed by atoms with E-state index in [1.165, 1.54) is 32.7 Å². The summed E-state index contributed by atoms with van der Waals surface area (Å²) in [6.07, 6.45) is 7.06. The molecule has 2 aliphatic heterocycles. The number of thioether (sulfide) groups is 2. The first kappa shape index (κ1) is 48.1. The van der Waals surface area contributed by atoms with Gasteiger partial charge in [0, 0.05) is 30.5 Å². The van der Waals surface area contributed by atoms with Gasteiger partial charge in [-0.25, -0.2) is 13.2 Å². The van der Waals surface area contributed by atoms with Gasteiger partial charge in [0.05, 0.1) is 53.5 Å². The highest BCUT2D eigenvalue weighted by Gasteiger charge is 2.66. The van der Waals surface area contributed by atoms with Gasteiger partial charge in [-0.15, -0.1) is 11.8 Å². The predicted molar refractivity (Wildman–Crippen MR) is 220 cm³/mol. The Bertz CT molecular complexity index is 2110. The zero-order valence-electron chi connectivity index (χ0n) is 33.7. The Hall–Kier alpha value is -2.94. The number of hydrogen-bond acceptors (Lipinski definition) is 18. The molecule has 4 aliphatic carbocycles. The van der Waals surface area contributed by atoms with Crippen LogP contribution < -0.4 is 27.4 Å². The van der Waals surface area contributed by atoms with Crippen molar-refractivity contribution in [3.05, 3.63) is 45.5 Å². The molecule has 6 aliphatic rings. The molecular formula is C36H54N6O14S4. The smallest absolute Gasteiger partial charge is 0.498 e. The second kappa shape index (κ2) is 18.0. The molecule has 60 heavy (non-hydrogen) atoms. The van der Waals surface area contributed by atoms with Crippen LogP contribution in [-0.4, -0.2) is 111 Å². The molecule has 0 radical (unpaired) electrons. The van der Waals surface area contributed by atoms with Crippen molar-refractivity contribution in [2.24, 2.45) is 33.5 Å². The van der Waals surface area contributed by atoms with Gasteiger partial charge in [0.15, 0.2) is 11.2 Å². The number of nitrogens with two attached hydrogens (primary N) is 2. The van der Waals surface area contributed by atoms with Gasteiger partial charge in [-0.3, -0.25) is 18.7 Å². The zero-order valence-corrected chi connectivity index (χ0v) is 37.0. The van der Waals surface area contributed by atoms with E-state index in [9.17, 15) is 40.6 Å². The maximum Gasteiger partial charge on any atom is 0.498 e. The van der Waals surface area contributed by atoms with E-state index in [1.54, 1.807) is 24.5 Å². The number of carbonyl (C=O) groups is 2. The number of nitrogens with one attached hydrogen (secondary N) is 1. The minimum absolute atomic E-state index is 0.0152. The lowest BCUT2D eigenvalue weighted by atomic mass is 9.70. The van der Waals surface area contributed by atoms with E-state index in [0.29, 0.717) is 44.7 Å². The SMILES string of the molecule is CC1(C)[C@H]2CC[C@]1(CS(=O)(=O)O)C(=O)C2.CC1(C)[C@H]2CC[C@]1(CS(=O)(=O)[O-])C(=O)C2.Nc1cc[n+]([C@H]2CO[C@@H](CO)S2)c(=O)[nH]1.Nc1ccn([C@H]2CO[C@@H](CO)S2)c(=O)n1. The van der Waals surface area contributed by atoms with Crippen molar-refractivity contribution in [3.63, 3.8) is 0 Å². The quantitative estimate of drug-likeness (QED) is 0.154. The topological polar surface area (TPSA) is 328 Å². The highest BCUT2D eigenvalue weighted by molar-refractivity contribution is 8.00. The number of aliphatic hydroxyl groups is 2. The van der Waals surface area contributed by atoms with Gasteiger partial charge in [-0.05, 0) is 54.4 Å². The van der Waals surface area contributed by atoms with E-state index in [-0.39, 0.29) is 80.6 Å². The molecule has 0 unspecified atom stereocenters. The fraction of sp³-hybridized carbons (Fsp3) is 0.722. The van der Waals surface area contributed by atoms with Crippen LogP contribution in [0.1, 0.15) is 77.0 Å². The van der Waals surface area contributed by atoms with Crippen LogP contribution in [0.5, 0.6) is 0 Å². The van der Waals surface area contributed by atoms with Crippen molar-refractivity contribution in [2.45, 2.75) is 87.8 Å². The highest BCUT2D eigenvalue weighted by atomic mass is 32.2. The molecule has 0 amide bonds. The molecule has 8 N–H and O–H groups in total. The molecule has 336 valence electrons. The third-order valence-corrected chi connectivity index (χ3v) is 17.5. The molecule has 8 rings (SSSR count). The molecule has 4 bridgehead atoms. The Kier molecular flexibility index (Phi) is 14.5. The largest absolute Gasteiger partial charge is 0.748 e. The Balaban J connectivity index is 0.000000152. The maximum atomic E-state index is 11.9. The lowest BCUT2D eigenvalue weighted by Crippen LogP contribution is -2.53. The summed E-state index contributed by atoms with van der Waals surface area (Å²) >= 11 is 2.81. The van der Waals surface area contributed by atoms with E-state index in [1.807, 2.05) is 27.7 Å². The van der Waals surface area contributed by atoms with E-state index in [2.05, 4.69) is 9.97 Å². The van der Waals surface area contributed by atoms with Crippen molar-refractivity contribution in [3.8, 4) is 0 Å². The summed E-state index contributed by atoms with van der Waals surface area (Å²) in [4.78, 5) is 52.8. The summed E-state index contributed by atoms with van der Waals surface area (Å²) < 4.78 is 77.1. The fourth-order valence-corrected chi connectivity index (χ4v) is 14.2. The molecule has 24 heteroatoms. The number of ether oxygens (including phenoxy) is 2. The van der Waals surface area contributed by atoms with E-state index in [4.69, 9.17) is 35.7 Å². The number of carbonyl (C=O) groups excluding carboxylic acids is 2. The molecule has 8 atom stereocenters. The second-order valence-corrected chi connectivity index (χ2v) is 22.5. The Morgan fingerprint density at radius 1 is 0.883 bits per heavy atom. The van der Waals surface area contributed by atoms with Gasteiger partial charge in [-0.1, -0.05) is 39.5 Å².